The molecule has 92 valence electrons. The summed E-state index contributed by atoms with van der Waals surface area (Å²) in [6.45, 7) is 1.68. The molecule has 0 unspecified atom stereocenters. The second-order valence-corrected chi connectivity index (χ2v) is 4.13. The Morgan fingerprint density at radius 3 is 2.67 bits per heavy atom. The third-order valence-corrected chi connectivity index (χ3v) is 2.73. The number of nitro groups is 1. The average molecular weight is 267 g/mol. The number of nitrogens with zero attached hydrogens (tertiary/aromatic N) is 2. The Kier molecular flexibility index (Phi) is 3.25. The Morgan fingerprint density at radius 1 is 1.33 bits per heavy atom. The largest absolute Gasteiger partial charge is 0.295 e. The summed E-state index contributed by atoms with van der Waals surface area (Å²) in [5.74, 6) is -0.390. The van der Waals surface area contributed by atoms with Crippen molar-refractivity contribution in [3.05, 3.63) is 57.1 Å². The van der Waals surface area contributed by atoms with Gasteiger partial charge in [-0.15, -0.1) is 0 Å². The lowest BCUT2D eigenvalue weighted by Crippen LogP contribution is -1.95. The lowest BCUT2D eigenvalue weighted by atomic mass is 10.0. The molecule has 0 saturated carbocycles. The second kappa shape index (κ2) is 4.70. The quantitative estimate of drug-likeness (QED) is 0.472. The Bertz CT molecular complexity index is 631. The fraction of sp³-hybridized carbons (Fsp3) is 0.0833. The Morgan fingerprint density at radius 2 is 2.06 bits per heavy atom. The van der Waals surface area contributed by atoms with Gasteiger partial charge in [0.25, 0.3) is 5.69 Å². The van der Waals surface area contributed by atoms with Gasteiger partial charge in [0.1, 0.15) is 17.2 Å². The first-order valence-corrected chi connectivity index (χ1v) is 5.43. The van der Waals surface area contributed by atoms with E-state index in [0.29, 0.717) is 16.7 Å². The standard InChI is InChI=1S/C12H8ClFN2O2/c1-7-4-8(14)2-3-9(7)10-5-12(13)15-6-11(10)16(17)18/h2-6H,1H3. The number of pyridine rings is 1. The normalized spacial score (nSPS) is 10.4. The molecular formula is C12H8ClFN2O2. The number of hydrogen-bond acceptors (Lipinski definition) is 3. The molecule has 1 aromatic carbocycles. The van der Waals surface area contributed by atoms with Gasteiger partial charge in [0.05, 0.1) is 10.5 Å². The highest BCUT2D eigenvalue weighted by Crippen LogP contribution is 2.33. The molecule has 0 fully saturated rings. The van der Waals surface area contributed by atoms with Gasteiger partial charge in [-0.05, 0) is 36.2 Å². The van der Waals surface area contributed by atoms with Crippen LogP contribution in [-0.2, 0) is 0 Å². The summed E-state index contributed by atoms with van der Waals surface area (Å²) in [6.07, 6.45) is 1.10. The van der Waals surface area contributed by atoms with Gasteiger partial charge in [-0.25, -0.2) is 9.37 Å². The smallest absolute Gasteiger partial charge is 0.258 e. The molecule has 0 aliphatic heterocycles. The summed E-state index contributed by atoms with van der Waals surface area (Å²) < 4.78 is 13.0. The summed E-state index contributed by atoms with van der Waals surface area (Å²) >= 11 is 5.75. The van der Waals surface area contributed by atoms with Crippen LogP contribution in [0.15, 0.2) is 30.5 Å². The van der Waals surface area contributed by atoms with Crippen molar-refractivity contribution >= 4 is 17.3 Å². The first-order chi connectivity index (χ1) is 8.49. The molecule has 0 saturated heterocycles. The van der Waals surface area contributed by atoms with Gasteiger partial charge in [0.15, 0.2) is 0 Å². The van der Waals surface area contributed by atoms with Crippen molar-refractivity contribution in [2.75, 3.05) is 0 Å². The number of benzene rings is 1. The predicted octanol–water partition coefficient (Wildman–Crippen LogP) is 3.76. The first kappa shape index (κ1) is 12.4. The van der Waals surface area contributed by atoms with E-state index in [1.54, 1.807) is 6.92 Å². The molecule has 0 atom stereocenters. The number of rotatable bonds is 2. The van der Waals surface area contributed by atoms with Crippen LogP contribution >= 0.6 is 11.6 Å². The molecule has 0 radical (unpaired) electrons. The Hall–Kier alpha value is -2.01. The number of hydrogen-bond donors (Lipinski definition) is 0. The second-order valence-electron chi connectivity index (χ2n) is 3.74. The van der Waals surface area contributed by atoms with Crippen LogP contribution in [0.25, 0.3) is 11.1 Å². The summed E-state index contributed by atoms with van der Waals surface area (Å²) in [4.78, 5) is 14.1. The lowest BCUT2D eigenvalue weighted by Gasteiger charge is -2.07. The highest BCUT2D eigenvalue weighted by molar-refractivity contribution is 6.29. The van der Waals surface area contributed by atoms with E-state index in [0.717, 1.165) is 6.20 Å². The minimum absolute atomic E-state index is 0.152. The Balaban J connectivity index is 2.69. The summed E-state index contributed by atoms with van der Waals surface area (Å²) in [6, 6.07) is 5.46. The van der Waals surface area contributed by atoms with E-state index in [1.807, 2.05) is 0 Å². The molecule has 4 nitrogen and oxygen atoms in total. The van der Waals surface area contributed by atoms with Crippen LogP contribution in [0.2, 0.25) is 5.15 Å². The fourth-order valence-corrected chi connectivity index (χ4v) is 1.87. The van der Waals surface area contributed by atoms with Gasteiger partial charge in [-0.1, -0.05) is 17.7 Å². The van der Waals surface area contributed by atoms with Crippen LogP contribution in [0, 0.1) is 22.9 Å². The van der Waals surface area contributed by atoms with Crippen LogP contribution < -0.4 is 0 Å². The van der Waals surface area contributed by atoms with E-state index in [1.165, 1.54) is 24.3 Å². The average Bonchev–Trinajstić information content (AvgIpc) is 2.28. The van der Waals surface area contributed by atoms with E-state index in [9.17, 15) is 14.5 Å². The van der Waals surface area contributed by atoms with Gasteiger partial charge in [0.2, 0.25) is 0 Å². The van der Waals surface area contributed by atoms with Crippen molar-refractivity contribution in [2.45, 2.75) is 6.92 Å². The van der Waals surface area contributed by atoms with E-state index in [4.69, 9.17) is 11.6 Å². The van der Waals surface area contributed by atoms with Crippen molar-refractivity contribution in [1.29, 1.82) is 0 Å². The van der Waals surface area contributed by atoms with Gasteiger partial charge < -0.3 is 0 Å². The maximum Gasteiger partial charge on any atom is 0.295 e. The molecule has 18 heavy (non-hydrogen) atoms. The van der Waals surface area contributed by atoms with Gasteiger partial charge in [-0.3, -0.25) is 10.1 Å². The first-order valence-electron chi connectivity index (χ1n) is 5.05. The molecule has 0 amide bonds. The molecule has 2 rings (SSSR count). The van der Waals surface area contributed by atoms with Crippen LogP contribution in [0.1, 0.15) is 5.56 Å². The molecule has 1 heterocycles. The topological polar surface area (TPSA) is 56.0 Å². The molecular weight excluding hydrogens is 259 g/mol. The highest BCUT2D eigenvalue weighted by Gasteiger charge is 2.18. The zero-order chi connectivity index (χ0) is 13.3. The van der Waals surface area contributed by atoms with Crippen LogP contribution in [0.4, 0.5) is 10.1 Å². The lowest BCUT2D eigenvalue weighted by molar-refractivity contribution is -0.384. The molecule has 0 aliphatic carbocycles. The molecule has 0 spiro atoms. The fourth-order valence-electron chi connectivity index (χ4n) is 1.71. The van der Waals surface area contributed by atoms with Gasteiger partial charge in [0, 0.05) is 0 Å². The summed E-state index contributed by atoms with van der Waals surface area (Å²) in [7, 11) is 0. The zero-order valence-electron chi connectivity index (χ0n) is 9.35. The third kappa shape index (κ3) is 2.31. The maximum absolute atomic E-state index is 13.0. The predicted molar refractivity (Wildman–Crippen MR) is 66.0 cm³/mol. The number of halogens is 2. The Labute approximate surface area is 107 Å². The SMILES string of the molecule is Cc1cc(F)ccc1-c1cc(Cl)ncc1[N+](=O)[O-]. The molecule has 0 N–H and O–H groups in total. The summed E-state index contributed by atoms with van der Waals surface area (Å²) in [5.41, 5.74) is 1.33. The van der Waals surface area contributed by atoms with E-state index < -0.39 is 4.92 Å². The van der Waals surface area contributed by atoms with Crippen molar-refractivity contribution < 1.29 is 9.31 Å². The van der Waals surface area contributed by atoms with Crippen molar-refractivity contribution in [3.63, 3.8) is 0 Å². The molecule has 2 aromatic rings. The summed E-state index contributed by atoms with van der Waals surface area (Å²) in [5, 5.41) is 11.1. The van der Waals surface area contributed by atoms with E-state index in [-0.39, 0.29) is 16.7 Å². The van der Waals surface area contributed by atoms with Gasteiger partial charge >= 0.3 is 0 Å². The highest BCUT2D eigenvalue weighted by atomic mass is 35.5. The van der Waals surface area contributed by atoms with Gasteiger partial charge in [-0.2, -0.15) is 0 Å². The third-order valence-electron chi connectivity index (χ3n) is 2.52. The van der Waals surface area contributed by atoms with Crippen LogP contribution in [-0.4, -0.2) is 9.91 Å². The van der Waals surface area contributed by atoms with Crippen molar-refractivity contribution in [3.8, 4) is 11.1 Å². The molecule has 0 aliphatic rings. The van der Waals surface area contributed by atoms with Crippen molar-refractivity contribution in [1.82, 2.24) is 4.98 Å². The zero-order valence-corrected chi connectivity index (χ0v) is 10.1. The van der Waals surface area contributed by atoms with Crippen molar-refractivity contribution in [2.24, 2.45) is 0 Å². The minimum Gasteiger partial charge on any atom is -0.258 e. The molecule has 6 heteroatoms. The van der Waals surface area contributed by atoms with E-state index in [2.05, 4.69) is 4.98 Å². The monoisotopic (exact) mass is 266 g/mol. The number of aryl methyl sites for hydroxylation is 1. The van der Waals surface area contributed by atoms with E-state index >= 15 is 0 Å². The number of aromatic nitrogens is 1. The molecule has 1 aromatic heterocycles. The van der Waals surface area contributed by atoms with Crippen LogP contribution in [0.3, 0.4) is 0 Å². The molecule has 0 bridgehead atoms. The van der Waals surface area contributed by atoms with Crippen LogP contribution in [0.5, 0.6) is 0 Å². The minimum atomic E-state index is -0.540. The maximum atomic E-state index is 13.0.